The summed E-state index contributed by atoms with van der Waals surface area (Å²) in [5, 5.41) is 4.77. The van der Waals surface area contributed by atoms with Gasteiger partial charge in [0.25, 0.3) is 0 Å². The first-order chi connectivity index (χ1) is 12.5. The predicted octanol–water partition coefficient (Wildman–Crippen LogP) is 1.20. The van der Waals surface area contributed by atoms with Crippen LogP contribution >= 0.6 is 11.8 Å². The first-order valence-corrected chi connectivity index (χ1v) is 9.13. The van der Waals surface area contributed by atoms with Crippen LogP contribution < -0.4 is 20.1 Å². The summed E-state index contributed by atoms with van der Waals surface area (Å²) >= 11 is 1.26. The number of hydrogen-bond acceptors (Lipinski definition) is 7. The quantitative estimate of drug-likeness (QED) is 0.683. The molecule has 0 bridgehead atoms. The van der Waals surface area contributed by atoms with Crippen LogP contribution in [-0.2, 0) is 19.1 Å². The van der Waals surface area contributed by atoms with Gasteiger partial charge in [0.05, 0.1) is 31.8 Å². The molecule has 9 heteroatoms. The Kier molecular flexibility index (Phi) is 7.14. The molecule has 0 aromatic heterocycles. The first kappa shape index (κ1) is 19.9. The zero-order valence-electron chi connectivity index (χ0n) is 14.9. The summed E-state index contributed by atoms with van der Waals surface area (Å²) in [6.45, 7) is 1.96. The Morgan fingerprint density at radius 1 is 1.31 bits per heavy atom. The Labute approximate surface area is 155 Å². The van der Waals surface area contributed by atoms with Crippen molar-refractivity contribution < 1.29 is 28.6 Å². The molecule has 1 aliphatic rings. The number of rotatable bonds is 7. The molecule has 2 atom stereocenters. The fraction of sp³-hybridized carbons (Fsp3) is 0.471. The zero-order chi connectivity index (χ0) is 19.1. The molecule has 2 amide bonds. The Morgan fingerprint density at radius 2 is 2.08 bits per heavy atom. The van der Waals surface area contributed by atoms with Gasteiger partial charge in [-0.2, -0.15) is 0 Å². The van der Waals surface area contributed by atoms with Crippen molar-refractivity contribution in [3.8, 4) is 11.5 Å². The highest BCUT2D eigenvalue weighted by Gasteiger charge is 2.34. The van der Waals surface area contributed by atoms with Crippen LogP contribution in [0.4, 0.5) is 5.69 Å². The Balaban J connectivity index is 1.92. The normalized spacial score (nSPS) is 19.3. The third-order valence-corrected chi connectivity index (χ3v) is 5.01. The highest BCUT2D eigenvalue weighted by Crippen LogP contribution is 2.30. The summed E-state index contributed by atoms with van der Waals surface area (Å²) in [5.74, 6) is 0.299. The van der Waals surface area contributed by atoms with Gasteiger partial charge in [-0.25, -0.2) is 4.79 Å². The lowest BCUT2D eigenvalue weighted by Crippen LogP contribution is -2.51. The number of amides is 2. The predicted molar refractivity (Wildman–Crippen MR) is 97.6 cm³/mol. The number of methoxy groups -OCH3 is 2. The number of anilines is 1. The number of hydrogen-bond donors (Lipinski definition) is 2. The molecule has 26 heavy (non-hydrogen) atoms. The maximum atomic E-state index is 12.3. The number of thioether (sulfide) groups is 1. The van der Waals surface area contributed by atoms with Crippen LogP contribution in [0.25, 0.3) is 0 Å². The second kappa shape index (κ2) is 9.33. The summed E-state index contributed by atoms with van der Waals surface area (Å²) < 4.78 is 15.2. The van der Waals surface area contributed by atoms with Gasteiger partial charge in [0.2, 0.25) is 11.8 Å². The summed E-state index contributed by atoms with van der Waals surface area (Å²) in [6, 6.07) is 4.35. The Bertz CT molecular complexity index is 681. The molecule has 0 unspecified atom stereocenters. The maximum Gasteiger partial charge on any atom is 0.329 e. The van der Waals surface area contributed by atoms with Crippen LogP contribution in [0.15, 0.2) is 18.2 Å². The molecular weight excluding hydrogens is 360 g/mol. The molecule has 1 fully saturated rings. The van der Waals surface area contributed by atoms with E-state index < -0.39 is 17.3 Å². The van der Waals surface area contributed by atoms with Gasteiger partial charge < -0.3 is 24.8 Å². The zero-order valence-corrected chi connectivity index (χ0v) is 15.7. The minimum atomic E-state index is -0.673. The SMILES string of the molecule is CCOC(=O)[C@@H]1CS[C@H](CC(=O)Nc2ccc(OC)cc2OC)C(=O)N1. The van der Waals surface area contributed by atoms with Crippen molar-refractivity contribution in [2.24, 2.45) is 0 Å². The summed E-state index contributed by atoms with van der Waals surface area (Å²) in [7, 11) is 3.03. The molecule has 2 rings (SSSR count). The van der Waals surface area contributed by atoms with E-state index in [9.17, 15) is 14.4 Å². The lowest BCUT2D eigenvalue weighted by molar-refractivity contribution is -0.146. The van der Waals surface area contributed by atoms with Crippen molar-refractivity contribution in [3.05, 3.63) is 18.2 Å². The number of ether oxygens (including phenoxy) is 3. The van der Waals surface area contributed by atoms with E-state index in [4.69, 9.17) is 14.2 Å². The van der Waals surface area contributed by atoms with Crippen molar-refractivity contribution in [1.82, 2.24) is 5.32 Å². The van der Waals surface area contributed by atoms with Crippen molar-refractivity contribution in [1.29, 1.82) is 0 Å². The van der Waals surface area contributed by atoms with Gasteiger partial charge in [-0.05, 0) is 19.1 Å². The molecule has 1 heterocycles. The van der Waals surface area contributed by atoms with Crippen LogP contribution in [0, 0.1) is 0 Å². The highest BCUT2D eigenvalue weighted by atomic mass is 32.2. The van der Waals surface area contributed by atoms with E-state index in [1.807, 2.05) is 0 Å². The van der Waals surface area contributed by atoms with Crippen LogP contribution in [0.2, 0.25) is 0 Å². The van der Waals surface area contributed by atoms with E-state index >= 15 is 0 Å². The van der Waals surface area contributed by atoms with Gasteiger partial charge in [0.1, 0.15) is 17.5 Å². The molecule has 1 aromatic carbocycles. The number of benzene rings is 1. The third kappa shape index (κ3) is 5.04. The van der Waals surface area contributed by atoms with E-state index in [0.29, 0.717) is 22.9 Å². The van der Waals surface area contributed by atoms with Crippen molar-refractivity contribution >= 4 is 35.2 Å². The molecule has 8 nitrogen and oxygen atoms in total. The highest BCUT2D eigenvalue weighted by molar-refractivity contribution is 8.00. The van der Waals surface area contributed by atoms with Gasteiger partial charge >= 0.3 is 5.97 Å². The molecule has 0 aliphatic carbocycles. The Hall–Kier alpha value is -2.42. The number of carbonyl (C=O) groups excluding carboxylic acids is 3. The van der Waals surface area contributed by atoms with Gasteiger partial charge in [-0.1, -0.05) is 0 Å². The standard InChI is InChI=1S/C17H22N2O6S/c1-4-25-17(22)12-9-26-14(16(21)19-12)8-15(20)18-11-6-5-10(23-2)7-13(11)24-3/h5-7,12,14H,4,8-9H2,1-3H3,(H,18,20)(H,19,21)/t12-,14+/m0/s1. The summed E-state index contributed by atoms with van der Waals surface area (Å²) in [5.41, 5.74) is 0.490. The maximum absolute atomic E-state index is 12.3. The van der Waals surface area contributed by atoms with E-state index in [-0.39, 0.29) is 24.8 Å². The van der Waals surface area contributed by atoms with Crippen LogP contribution in [0.1, 0.15) is 13.3 Å². The monoisotopic (exact) mass is 382 g/mol. The summed E-state index contributed by atoms with van der Waals surface area (Å²) in [4.78, 5) is 36.1. The molecule has 1 aromatic rings. The minimum Gasteiger partial charge on any atom is -0.497 e. The summed E-state index contributed by atoms with van der Waals surface area (Å²) in [6.07, 6.45) is -0.0127. The van der Waals surface area contributed by atoms with Gasteiger partial charge in [0, 0.05) is 18.2 Å². The van der Waals surface area contributed by atoms with Crippen LogP contribution in [0.3, 0.4) is 0 Å². The molecule has 0 saturated carbocycles. The topological polar surface area (TPSA) is 103 Å². The molecule has 142 valence electrons. The third-order valence-electron chi connectivity index (χ3n) is 3.70. The van der Waals surface area contributed by atoms with Crippen LogP contribution in [0.5, 0.6) is 11.5 Å². The van der Waals surface area contributed by atoms with Gasteiger partial charge in [-0.15, -0.1) is 11.8 Å². The van der Waals surface area contributed by atoms with Crippen LogP contribution in [-0.4, -0.2) is 55.7 Å². The average Bonchev–Trinajstić information content (AvgIpc) is 2.63. The smallest absolute Gasteiger partial charge is 0.329 e. The Morgan fingerprint density at radius 3 is 2.69 bits per heavy atom. The molecule has 2 N–H and O–H groups in total. The van der Waals surface area contributed by atoms with E-state index in [1.165, 1.54) is 26.0 Å². The fourth-order valence-electron chi connectivity index (χ4n) is 2.39. The lowest BCUT2D eigenvalue weighted by Gasteiger charge is -2.27. The van der Waals surface area contributed by atoms with Crippen molar-refractivity contribution in [2.75, 3.05) is 31.9 Å². The number of nitrogens with one attached hydrogen (secondary N) is 2. The second-order valence-corrected chi connectivity index (χ2v) is 6.69. The number of esters is 1. The van der Waals surface area contributed by atoms with E-state index in [1.54, 1.807) is 25.1 Å². The van der Waals surface area contributed by atoms with Crippen molar-refractivity contribution in [2.45, 2.75) is 24.6 Å². The molecule has 1 aliphatic heterocycles. The average molecular weight is 382 g/mol. The largest absolute Gasteiger partial charge is 0.497 e. The van der Waals surface area contributed by atoms with Gasteiger partial charge in [0.15, 0.2) is 0 Å². The minimum absolute atomic E-state index is 0.0127. The first-order valence-electron chi connectivity index (χ1n) is 8.09. The fourth-order valence-corrected chi connectivity index (χ4v) is 3.52. The second-order valence-electron chi connectivity index (χ2n) is 5.45. The van der Waals surface area contributed by atoms with E-state index in [2.05, 4.69) is 10.6 Å². The molecular formula is C17H22N2O6S. The molecule has 0 spiro atoms. The van der Waals surface area contributed by atoms with E-state index in [0.717, 1.165) is 0 Å². The molecule has 0 radical (unpaired) electrons. The molecule has 1 saturated heterocycles. The number of carbonyl (C=O) groups is 3. The lowest BCUT2D eigenvalue weighted by atomic mass is 10.2. The van der Waals surface area contributed by atoms with Crippen molar-refractivity contribution in [3.63, 3.8) is 0 Å². The van der Waals surface area contributed by atoms with Gasteiger partial charge in [-0.3, -0.25) is 9.59 Å².